The third-order valence-electron chi connectivity index (χ3n) is 1.10. The van der Waals surface area contributed by atoms with Crippen molar-refractivity contribution in [3.05, 3.63) is 23.1 Å². The number of nitrogens with one attached hydrogen (secondary N) is 1. The van der Waals surface area contributed by atoms with Crippen LogP contribution in [0.25, 0.3) is 0 Å². The summed E-state index contributed by atoms with van der Waals surface area (Å²) in [6, 6.07) is 0. The van der Waals surface area contributed by atoms with Crippen LogP contribution in [0.15, 0.2) is 27.5 Å². The first-order chi connectivity index (χ1) is 4.79. The number of hydrogen-bond acceptors (Lipinski definition) is 2. The summed E-state index contributed by atoms with van der Waals surface area (Å²) in [7, 11) is -1.31. The lowest BCUT2D eigenvalue weighted by atomic mass is 10.3. The molecule has 0 aromatic carbocycles. The standard InChI is InChI=1S/C6H6N2OS/c1-2-6-5(3-7)4-8-10(6)9/h2-4,7H,1H2. The third-order valence-corrected chi connectivity index (χ3v) is 2.18. The summed E-state index contributed by atoms with van der Waals surface area (Å²) in [5.41, 5.74) is 0.577. The van der Waals surface area contributed by atoms with E-state index in [1.807, 2.05) is 0 Å². The van der Waals surface area contributed by atoms with Crippen molar-refractivity contribution < 1.29 is 4.21 Å². The van der Waals surface area contributed by atoms with E-state index in [0.717, 1.165) is 6.21 Å². The Morgan fingerprint density at radius 2 is 2.50 bits per heavy atom. The fourth-order valence-corrected chi connectivity index (χ4v) is 1.40. The minimum atomic E-state index is -1.31. The fraction of sp³-hybridized carbons (Fsp3) is 0. The Morgan fingerprint density at radius 3 is 2.90 bits per heavy atom. The molecule has 4 heteroatoms. The predicted octanol–water partition coefficient (Wildman–Crippen LogP) is 0.824. The van der Waals surface area contributed by atoms with Gasteiger partial charge in [-0.05, 0) is 0 Å². The van der Waals surface area contributed by atoms with Crippen LogP contribution >= 0.6 is 0 Å². The Kier molecular flexibility index (Phi) is 1.91. The topological polar surface area (TPSA) is 53.3 Å². The molecular formula is C6H6N2OS. The summed E-state index contributed by atoms with van der Waals surface area (Å²) >= 11 is 0. The monoisotopic (exact) mass is 154 g/mol. The van der Waals surface area contributed by atoms with Crippen molar-refractivity contribution in [3.63, 3.8) is 0 Å². The molecule has 10 heavy (non-hydrogen) atoms. The van der Waals surface area contributed by atoms with Crippen molar-refractivity contribution in [1.82, 2.24) is 0 Å². The SMILES string of the molecule is C=CC1=C(C=N)C=NS1=O. The second-order valence-corrected chi connectivity index (χ2v) is 2.80. The molecule has 1 atom stereocenters. The average molecular weight is 154 g/mol. The predicted molar refractivity (Wildman–Crippen MR) is 42.6 cm³/mol. The van der Waals surface area contributed by atoms with Crippen LogP contribution in [0.2, 0.25) is 0 Å². The van der Waals surface area contributed by atoms with E-state index < -0.39 is 11.0 Å². The Morgan fingerprint density at radius 1 is 1.80 bits per heavy atom. The molecule has 3 nitrogen and oxygen atoms in total. The van der Waals surface area contributed by atoms with Gasteiger partial charge < -0.3 is 5.41 Å². The van der Waals surface area contributed by atoms with Gasteiger partial charge in [0.05, 0.1) is 4.91 Å². The summed E-state index contributed by atoms with van der Waals surface area (Å²) in [6.45, 7) is 3.46. The molecule has 0 amide bonds. The lowest BCUT2D eigenvalue weighted by Crippen LogP contribution is -1.87. The van der Waals surface area contributed by atoms with Gasteiger partial charge in [0.2, 0.25) is 0 Å². The minimum Gasteiger partial charge on any atom is -0.308 e. The normalized spacial score (nSPS) is 23.4. The van der Waals surface area contributed by atoms with E-state index in [-0.39, 0.29) is 0 Å². The van der Waals surface area contributed by atoms with Gasteiger partial charge >= 0.3 is 0 Å². The van der Waals surface area contributed by atoms with E-state index in [4.69, 9.17) is 5.41 Å². The molecule has 1 aliphatic heterocycles. The van der Waals surface area contributed by atoms with E-state index in [1.165, 1.54) is 12.3 Å². The lowest BCUT2D eigenvalue weighted by Gasteiger charge is -1.88. The molecule has 1 heterocycles. The van der Waals surface area contributed by atoms with Crippen LogP contribution in [0.1, 0.15) is 0 Å². The van der Waals surface area contributed by atoms with E-state index in [1.54, 1.807) is 0 Å². The summed E-state index contributed by atoms with van der Waals surface area (Å²) in [5, 5.41) is 6.87. The van der Waals surface area contributed by atoms with Crippen LogP contribution in [0.4, 0.5) is 0 Å². The maximum absolute atomic E-state index is 10.9. The van der Waals surface area contributed by atoms with E-state index in [0.29, 0.717) is 10.5 Å². The van der Waals surface area contributed by atoms with Gasteiger partial charge in [0.15, 0.2) is 11.0 Å². The van der Waals surface area contributed by atoms with Crippen LogP contribution in [0, 0.1) is 5.41 Å². The van der Waals surface area contributed by atoms with Crippen LogP contribution in [0.5, 0.6) is 0 Å². The highest BCUT2D eigenvalue weighted by Crippen LogP contribution is 2.14. The maximum atomic E-state index is 10.9. The highest BCUT2D eigenvalue weighted by atomic mass is 32.2. The van der Waals surface area contributed by atoms with Gasteiger partial charge in [0.25, 0.3) is 0 Å². The summed E-state index contributed by atoms with van der Waals surface area (Å²) in [5.74, 6) is 0. The first-order valence-electron chi connectivity index (χ1n) is 2.62. The molecule has 0 aliphatic carbocycles. The summed E-state index contributed by atoms with van der Waals surface area (Å²) < 4.78 is 14.4. The first-order valence-corrected chi connectivity index (χ1v) is 3.73. The van der Waals surface area contributed by atoms with Gasteiger partial charge in [-0.25, -0.2) is 4.21 Å². The number of hydrogen-bond donors (Lipinski definition) is 1. The molecule has 0 saturated carbocycles. The molecule has 1 rings (SSSR count). The van der Waals surface area contributed by atoms with E-state index in [2.05, 4.69) is 11.0 Å². The largest absolute Gasteiger partial charge is 0.308 e. The Labute approximate surface area is 61.3 Å². The molecule has 0 aromatic rings. The Bertz CT molecular complexity index is 255. The zero-order chi connectivity index (χ0) is 7.56. The first kappa shape index (κ1) is 7.08. The zero-order valence-electron chi connectivity index (χ0n) is 5.20. The molecular weight excluding hydrogens is 148 g/mol. The molecule has 0 spiro atoms. The van der Waals surface area contributed by atoms with Crippen molar-refractivity contribution in [2.45, 2.75) is 0 Å². The molecule has 1 N–H and O–H groups in total. The van der Waals surface area contributed by atoms with Crippen LogP contribution in [-0.4, -0.2) is 16.6 Å². The molecule has 0 aromatic heterocycles. The number of allylic oxidation sites excluding steroid dienone is 2. The lowest BCUT2D eigenvalue weighted by molar-refractivity contribution is 0.689. The van der Waals surface area contributed by atoms with Gasteiger partial charge in [0.1, 0.15) is 0 Å². The molecule has 0 fully saturated rings. The van der Waals surface area contributed by atoms with Crippen molar-refractivity contribution in [2.24, 2.45) is 4.40 Å². The van der Waals surface area contributed by atoms with Crippen molar-refractivity contribution in [3.8, 4) is 0 Å². The van der Waals surface area contributed by atoms with Gasteiger partial charge in [-0.15, -0.1) is 0 Å². The molecule has 0 radical (unpaired) electrons. The maximum Gasteiger partial charge on any atom is 0.173 e. The Balaban J connectivity index is 3.12. The second kappa shape index (κ2) is 2.70. The van der Waals surface area contributed by atoms with Gasteiger partial charge in [0, 0.05) is 18.0 Å². The highest BCUT2D eigenvalue weighted by molar-refractivity contribution is 7.88. The molecule has 1 unspecified atom stereocenters. The fourth-order valence-electron chi connectivity index (χ4n) is 0.623. The smallest absolute Gasteiger partial charge is 0.173 e. The van der Waals surface area contributed by atoms with Gasteiger partial charge in [-0.3, -0.25) is 0 Å². The van der Waals surface area contributed by atoms with Crippen molar-refractivity contribution in [2.75, 3.05) is 0 Å². The molecule has 0 saturated heterocycles. The van der Waals surface area contributed by atoms with E-state index >= 15 is 0 Å². The third kappa shape index (κ3) is 0.974. The Hall–Kier alpha value is -1.03. The average Bonchev–Trinajstić information content (AvgIpc) is 2.30. The van der Waals surface area contributed by atoms with Crippen molar-refractivity contribution >= 4 is 23.4 Å². The van der Waals surface area contributed by atoms with Crippen LogP contribution in [-0.2, 0) is 11.0 Å². The second-order valence-electron chi connectivity index (χ2n) is 1.65. The van der Waals surface area contributed by atoms with Crippen LogP contribution < -0.4 is 0 Å². The van der Waals surface area contributed by atoms with Gasteiger partial charge in [-0.2, -0.15) is 4.40 Å². The molecule has 0 bridgehead atoms. The zero-order valence-corrected chi connectivity index (χ0v) is 6.02. The quantitative estimate of drug-likeness (QED) is 0.588. The van der Waals surface area contributed by atoms with Crippen LogP contribution in [0.3, 0.4) is 0 Å². The summed E-state index contributed by atoms with van der Waals surface area (Å²) in [4.78, 5) is 0.523. The highest BCUT2D eigenvalue weighted by Gasteiger charge is 2.12. The van der Waals surface area contributed by atoms with E-state index in [9.17, 15) is 4.21 Å². The minimum absolute atomic E-state index is 0.523. The molecule has 52 valence electrons. The van der Waals surface area contributed by atoms with Crippen molar-refractivity contribution in [1.29, 1.82) is 5.41 Å². The number of nitrogens with zero attached hydrogens (tertiary/aromatic N) is 1. The molecule has 1 aliphatic rings. The van der Waals surface area contributed by atoms with Gasteiger partial charge in [-0.1, -0.05) is 12.7 Å². The number of rotatable bonds is 2. The summed E-state index contributed by atoms with van der Waals surface area (Å²) in [6.07, 6.45) is 4.00.